The molecule has 0 unspecified atom stereocenters. The van der Waals surface area contributed by atoms with Gasteiger partial charge in [-0.15, -0.1) is 0 Å². The standard InChI is InChI=1S/C28H26ClNO3S/c1-19-18-25(20-8-6-5-7-9-20)30-27(33-23-14-10-21(11-15-23)28(2,3)4)26(19)34(31,32)24-16-12-22(29)13-17-24/h5-18H,1-4H3. The monoisotopic (exact) mass is 491 g/mol. The van der Waals surface area contributed by atoms with E-state index in [-0.39, 0.29) is 21.1 Å². The van der Waals surface area contributed by atoms with Crippen molar-refractivity contribution in [2.75, 3.05) is 0 Å². The first-order chi connectivity index (χ1) is 16.1. The average Bonchev–Trinajstić information content (AvgIpc) is 2.79. The lowest BCUT2D eigenvalue weighted by molar-refractivity contribution is 0.446. The Morgan fingerprint density at radius 1 is 0.853 bits per heavy atom. The summed E-state index contributed by atoms with van der Waals surface area (Å²) in [4.78, 5) is 4.82. The van der Waals surface area contributed by atoms with Gasteiger partial charge >= 0.3 is 0 Å². The van der Waals surface area contributed by atoms with Gasteiger partial charge in [-0.3, -0.25) is 0 Å². The Kier molecular flexibility index (Phi) is 6.52. The van der Waals surface area contributed by atoms with Crippen LogP contribution in [-0.2, 0) is 15.3 Å². The number of halogens is 1. The molecule has 0 saturated heterocycles. The summed E-state index contributed by atoms with van der Waals surface area (Å²) < 4.78 is 33.4. The predicted molar refractivity (Wildman–Crippen MR) is 137 cm³/mol. The van der Waals surface area contributed by atoms with E-state index in [1.165, 1.54) is 12.1 Å². The van der Waals surface area contributed by atoms with Gasteiger partial charge in [-0.1, -0.05) is 74.8 Å². The zero-order valence-corrected chi connectivity index (χ0v) is 21.1. The number of benzene rings is 3. The van der Waals surface area contributed by atoms with Crippen molar-refractivity contribution in [2.24, 2.45) is 0 Å². The molecule has 6 heteroatoms. The predicted octanol–water partition coefficient (Wildman–Crippen LogP) is 7.63. The highest BCUT2D eigenvalue weighted by atomic mass is 35.5. The van der Waals surface area contributed by atoms with Crippen LogP contribution in [0.25, 0.3) is 11.3 Å². The van der Waals surface area contributed by atoms with Crippen molar-refractivity contribution in [1.82, 2.24) is 4.98 Å². The highest BCUT2D eigenvalue weighted by Gasteiger charge is 2.27. The maximum Gasteiger partial charge on any atom is 0.239 e. The van der Waals surface area contributed by atoms with Crippen LogP contribution in [0.4, 0.5) is 0 Å². The van der Waals surface area contributed by atoms with Crippen LogP contribution in [0, 0.1) is 6.92 Å². The molecule has 4 rings (SSSR count). The molecule has 4 nitrogen and oxygen atoms in total. The van der Waals surface area contributed by atoms with Gasteiger partial charge in [0.05, 0.1) is 10.6 Å². The van der Waals surface area contributed by atoms with Gasteiger partial charge in [0.2, 0.25) is 15.7 Å². The fraction of sp³-hybridized carbons (Fsp3) is 0.179. The third kappa shape index (κ3) is 5.01. The van der Waals surface area contributed by atoms with Gasteiger partial charge in [0.25, 0.3) is 0 Å². The quantitative estimate of drug-likeness (QED) is 0.288. The second-order valence-corrected chi connectivity index (χ2v) is 11.5. The largest absolute Gasteiger partial charge is 0.438 e. The summed E-state index contributed by atoms with van der Waals surface area (Å²) in [6, 6.07) is 25.1. The van der Waals surface area contributed by atoms with Crippen LogP contribution >= 0.6 is 11.6 Å². The van der Waals surface area contributed by atoms with E-state index in [2.05, 4.69) is 25.8 Å². The summed E-state index contributed by atoms with van der Waals surface area (Å²) in [6.07, 6.45) is 0. The summed E-state index contributed by atoms with van der Waals surface area (Å²) in [5, 5.41) is 0.462. The van der Waals surface area contributed by atoms with Gasteiger partial charge in [-0.05, 0) is 65.9 Å². The Hall–Kier alpha value is -3.15. The number of hydrogen-bond donors (Lipinski definition) is 0. The molecule has 1 heterocycles. The summed E-state index contributed by atoms with van der Waals surface area (Å²) in [5.41, 5.74) is 3.19. The maximum atomic E-state index is 13.6. The first-order valence-corrected chi connectivity index (χ1v) is 12.8. The third-order valence-electron chi connectivity index (χ3n) is 5.52. The number of rotatable bonds is 5. The number of ether oxygens (including phenoxy) is 1. The van der Waals surface area contributed by atoms with Gasteiger partial charge in [-0.25, -0.2) is 13.4 Å². The molecule has 34 heavy (non-hydrogen) atoms. The maximum absolute atomic E-state index is 13.6. The highest BCUT2D eigenvalue weighted by molar-refractivity contribution is 7.91. The van der Waals surface area contributed by atoms with E-state index in [4.69, 9.17) is 16.3 Å². The zero-order valence-electron chi connectivity index (χ0n) is 19.5. The van der Waals surface area contributed by atoms with E-state index in [1.807, 2.05) is 54.6 Å². The third-order valence-corrected chi connectivity index (χ3v) is 7.70. The highest BCUT2D eigenvalue weighted by Crippen LogP contribution is 2.37. The number of aromatic nitrogens is 1. The number of sulfone groups is 1. The molecule has 0 aliphatic carbocycles. The number of pyridine rings is 1. The minimum atomic E-state index is -3.91. The lowest BCUT2D eigenvalue weighted by atomic mass is 9.87. The summed E-state index contributed by atoms with van der Waals surface area (Å²) >= 11 is 5.98. The minimum Gasteiger partial charge on any atom is -0.438 e. The van der Waals surface area contributed by atoms with E-state index < -0.39 is 9.84 Å². The van der Waals surface area contributed by atoms with Crippen LogP contribution in [0.15, 0.2) is 94.7 Å². The average molecular weight is 492 g/mol. The van der Waals surface area contributed by atoms with Crippen molar-refractivity contribution in [3.8, 4) is 22.9 Å². The van der Waals surface area contributed by atoms with Crippen LogP contribution in [0.5, 0.6) is 11.6 Å². The van der Waals surface area contributed by atoms with Crippen molar-refractivity contribution < 1.29 is 13.2 Å². The molecule has 0 aliphatic heterocycles. The summed E-state index contributed by atoms with van der Waals surface area (Å²) in [7, 11) is -3.91. The molecule has 0 atom stereocenters. The van der Waals surface area contributed by atoms with E-state index >= 15 is 0 Å². The first-order valence-electron chi connectivity index (χ1n) is 10.9. The molecule has 174 valence electrons. The van der Waals surface area contributed by atoms with Crippen molar-refractivity contribution in [1.29, 1.82) is 0 Å². The lowest BCUT2D eigenvalue weighted by Gasteiger charge is -2.19. The van der Waals surface area contributed by atoms with Gasteiger partial charge in [0.15, 0.2) is 0 Å². The number of nitrogens with zero attached hydrogens (tertiary/aromatic N) is 1. The SMILES string of the molecule is Cc1cc(-c2ccccc2)nc(Oc2ccc(C(C)(C)C)cc2)c1S(=O)(=O)c1ccc(Cl)cc1. The molecule has 4 aromatic rings. The Balaban J connectivity index is 1.86. The smallest absolute Gasteiger partial charge is 0.239 e. The molecule has 0 aliphatic rings. The van der Waals surface area contributed by atoms with E-state index in [1.54, 1.807) is 25.1 Å². The van der Waals surface area contributed by atoms with Crippen molar-refractivity contribution >= 4 is 21.4 Å². The number of hydrogen-bond acceptors (Lipinski definition) is 4. The molecule has 0 fully saturated rings. The molecule has 3 aromatic carbocycles. The van der Waals surface area contributed by atoms with Gasteiger partial charge in [0, 0.05) is 10.6 Å². The van der Waals surface area contributed by atoms with Crippen LogP contribution in [0.3, 0.4) is 0 Å². The normalized spacial score (nSPS) is 11.9. The Morgan fingerprint density at radius 2 is 1.47 bits per heavy atom. The van der Waals surface area contributed by atoms with Crippen LogP contribution < -0.4 is 4.74 Å². The first kappa shape index (κ1) is 24.0. The van der Waals surface area contributed by atoms with E-state index in [0.29, 0.717) is 22.0 Å². The molecule has 0 radical (unpaired) electrons. The molecule has 0 bridgehead atoms. The molecular formula is C28H26ClNO3S. The lowest BCUT2D eigenvalue weighted by Crippen LogP contribution is -2.11. The van der Waals surface area contributed by atoms with Crippen LogP contribution in [-0.4, -0.2) is 13.4 Å². The Bertz CT molecular complexity index is 1410. The fourth-order valence-electron chi connectivity index (χ4n) is 3.65. The summed E-state index contributed by atoms with van der Waals surface area (Å²) in [6.45, 7) is 8.15. The Labute approximate surface area is 206 Å². The second kappa shape index (κ2) is 9.24. The molecule has 0 spiro atoms. The van der Waals surface area contributed by atoms with Crippen molar-refractivity contribution in [3.63, 3.8) is 0 Å². The van der Waals surface area contributed by atoms with Gasteiger partial charge in [-0.2, -0.15) is 0 Å². The van der Waals surface area contributed by atoms with Gasteiger partial charge in [0.1, 0.15) is 10.6 Å². The zero-order chi connectivity index (χ0) is 24.5. The second-order valence-electron chi connectivity index (χ2n) is 9.16. The van der Waals surface area contributed by atoms with Crippen LogP contribution in [0.1, 0.15) is 31.9 Å². The Morgan fingerprint density at radius 3 is 2.06 bits per heavy atom. The molecule has 1 aromatic heterocycles. The molecule has 0 saturated carbocycles. The number of aryl methyl sites for hydroxylation is 1. The van der Waals surface area contributed by atoms with E-state index in [9.17, 15) is 8.42 Å². The van der Waals surface area contributed by atoms with Crippen molar-refractivity contribution in [3.05, 3.63) is 101 Å². The minimum absolute atomic E-state index is 0.0102. The molecule has 0 N–H and O–H groups in total. The fourth-order valence-corrected chi connectivity index (χ4v) is 5.31. The van der Waals surface area contributed by atoms with Gasteiger partial charge < -0.3 is 4.74 Å². The van der Waals surface area contributed by atoms with Crippen molar-refractivity contribution in [2.45, 2.75) is 42.9 Å². The van der Waals surface area contributed by atoms with E-state index in [0.717, 1.165) is 11.1 Å². The molecular weight excluding hydrogens is 466 g/mol. The molecule has 0 amide bonds. The van der Waals surface area contributed by atoms with Crippen LogP contribution in [0.2, 0.25) is 5.02 Å². The summed E-state index contributed by atoms with van der Waals surface area (Å²) in [5.74, 6) is 0.551. The topological polar surface area (TPSA) is 56.3 Å².